The van der Waals surface area contributed by atoms with Crippen LogP contribution in [0.1, 0.15) is 17.6 Å². The minimum absolute atomic E-state index is 0.294. The minimum atomic E-state index is -3.61. The summed E-state index contributed by atoms with van der Waals surface area (Å²) in [4.78, 5) is 13.6. The molecule has 0 radical (unpaired) electrons. The van der Waals surface area contributed by atoms with Crippen LogP contribution in [0.25, 0.3) is 5.82 Å². The molecule has 0 saturated heterocycles. The predicted octanol–water partition coefficient (Wildman–Crippen LogP) is 4.19. The minimum Gasteiger partial charge on any atom is -0.439 e. The van der Waals surface area contributed by atoms with E-state index in [9.17, 15) is 8.42 Å². The summed E-state index contributed by atoms with van der Waals surface area (Å²) in [6.45, 7) is 3.87. The maximum absolute atomic E-state index is 12.5. The van der Waals surface area contributed by atoms with Gasteiger partial charge in [0.05, 0.1) is 0 Å². The second-order valence-electron chi connectivity index (χ2n) is 6.37. The van der Waals surface area contributed by atoms with Crippen LogP contribution in [0.15, 0.2) is 65.4 Å². The number of nitrogens with one attached hydrogen (secondary N) is 1. The molecule has 4 rings (SSSR count). The van der Waals surface area contributed by atoms with E-state index < -0.39 is 10.0 Å². The summed E-state index contributed by atoms with van der Waals surface area (Å²) in [5.74, 6) is 2.33. The van der Waals surface area contributed by atoms with Gasteiger partial charge in [-0.1, -0.05) is 6.92 Å². The molecule has 0 aliphatic carbocycles. The summed E-state index contributed by atoms with van der Waals surface area (Å²) in [7, 11) is -3.61. The third-order valence-electron chi connectivity index (χ3n) is 4.28. The lowest BCUT2D eigenvalue weighted by Gasteiger charge is -2.09. The van der Waals surface area contributed by atoms with Crippen LogP contribution in [0.2, 0.25) is 0 Å². The monoisotopic (exact) mass is 441 g/mol. The average Bonchev–Trinajstić information content (AvgIpc) is 3.39. The molecule has 0 aliphatic heterocycles. The van der Waals surface area contributed by atoms with Crippen molar-refractivity contribution in [3.63, 3.8) is 0 Å². The van der Waals surface area contributed by atoms with Crippen molar-refractivity contribution in [1.29, 1.82) is 0 Å². The van der Waals surface area contributed by atoms with E-state index in [2.05, 4.69) is 19.7 Å². The lowest BCUT2D eigenvalue weighted by atomic mass is 10.3. The van der Waals surface area contributed by atoms with Crippen molar-refractivity contribution < 1.29 is 13.2 Å². The molecular weight excluding hydrogens is 422 g/mol. The van der Waals surface area contributed by atoms with E-state index in [1.165, 1.54) is 17.7 Å². The molecule has 0 fully saturated rings. The van der Waals surface area contributed by atoms with Gasteiger partial charge in [0.2, 0.25) is 5.88 Å². The number of thiophene rings is 1. The predicted molar refractivity (Wildman–Crippen MR) is 115 cm³/mol. The molecule has 3 aromatic heterocycles. The lowest BCUT2D eigenvalue weighted by molar-refractivity contribution is 0.461. The van der Waals surface area contributed by atoms with Crippen molar-refractivity contribution >= 4 is 27.0 Å². The van der Waals surface area contributed by atoms with Gasteiger partial charge in [-0.15, -0.1) is 11.3 Å². The molecule has 0 amide bonds. The highest BCUT2D eigenvalue weighted by atomic mass is 32.2. The number of anilines is 1. The van der Waals surface area contributed by atoms with Crippen LogP contribution >= 0.6 is 11.3 Å². The smallest absolute Gasteiger partial charge is 0.271 e. The van der Waals surface area contributed by atoms with Crippen LogP contribution in [-0.4, -0.2) is 27.9 Å². The van der Waals surface area contributed by atoms with Crippen molar-refractivity contribution in [2.24, 2.45) is 0 Å². The summed E-state index contributed by atoms with van der Waals surface area (Å²) in [6, 6.07) is 11.8. The van der Waals surface area contributed by atoms with E-state index in [-0.39, 0.29) is 0 Å². The Balaban J connectivity index is 1.47. The number of aromatic nitrogens is 4. The van der Waals surface area contributed by atoms with Gasteiger partial charge in [0.25, 0.3) is 10.0 Å². The molecule has 154 valence electrons. The second kappa shape index (κ2) is 8.25. The zero-order valence-corrected chi connectivity index (χ0v) is 17.9. The van der Waals surface area contributed by atoms with E-state index in [1.807, 2.05) is 24.5 Å². The molecule has 8 nitrogen and oxygen atoms in total. The van der Waals surface area contributed by atoms with Gasteiger partial charge in [0.15, 0.2) is 0 Å². The number of nitrogens with zero attached hydrogens (tertiary/aromatic N) is 4. The normalized spacial score (nSPS) is 11.4. The Hall–Kier alpha value is -3.24. The van der Waals surface area contributed by atoms with Crippen LogP contribution in [0.5, 0.6) is 11.6 Å². The summed E-state index contributed by atoms with van der Waals surface area (Å²) < 4.78 is 35.5. The van der Waals surface area contributed by atoms with Crippen LogP contribution in [0.4, 0.5) is 5.69 Å². The Morgan fingerprint density at radius 1 is 1.10 bits per heavy atom. The van der Waals surface area contributed by atoms with Gasteiger partial charge in [0.1, 0.15) is 27.9 Å². The quantitative estimate of drug-likeness (QED) is 0.462. The first kappa shape index (κ1) is 20.0. The largest absolute Gasteiger partial charge is 0.439 e. The van der Waals surface area contributed by atoms with Crippen molar-refractivity contribution in [3.8, 4) is 17.4 Å². The molecular formula is C20H19N5O3S2. The number of imidazole rings is 1. The fraction of sp³-hybridized carbons (Fsp3) is 0.150. The van der Waals surface area contributed by atoms with Crippen LogP contribution < -0.4 is 9.46 Å². The van der Waals surface area contributed by atoms with Crippen LogP contribution in [-0.2, 0) is 16.4 Å². The Morgan fingerprint density at radius 2 is 1.90 bits per heavy atom. The number of hydrogen-bond donors (Lipinski definition) is 1. The molecule has 30 heavy (non-hydrogen) atoms. The van der Waals surface area contributed by atoms with Gasteiger partial charge >= 0.3 is 0 Å². The molecule has 1 aromatic carbocycles. The Bertz CT molecular complexity index is 1260. The van der Waals surface area contributed by atoms with Crippen LogP contribution in [0.3, 0.4) is 0 Å². The van der Waals surface area contributed by atoms with Gasteiger partial charge < -0.3 is 4.74 Å². The average molecular weight is 442 g/mol. The first-order chi connectivity index (χ1) is 14.4. The summed E-state index contributed by atoms with van der Waals surface area (Å²) >= 11 is 1.27. The molecule has 0 unspecified atom stereocenters. The second-order valence-corrected chi connectivity index (χ2v) is 9.44. The SMILES string of the molecule is CCc1ccc(S(=O)(=O)Nc2ccc(Oc3cc(-n4ccnc4C)ncn3)cc2)s1. The Labute approximate surface area is 178 Å². The van der Waals surface area contributed by atoms with Crippen molar-refractivity contribution in [2.45, 2.75) is 24.5 Å². The van der Waals surface area contributed by atoms with Gasteiger partial charge in [-0.25, -0.2) is 23.4 Å². The summed E-state index contributed by atoms with van der Waals surface area (Å²) in [5, 5.41) is 0. The standard InChI is InChI=1S/C20H19N5O3S2/c1-3-17-8-9-20(29-17)30(26,27)24-15-4-6-16(7-5-15)28-19-12-18(22-13-23-19)25-11-10-21-14(25)2/h4-13,24H,3H2,1-2H3. The third kappa shape index (κ3) is 4.34. The van der Waals surface area contributed by atoms with Crippen molar-refractivity contribution in [2.75, 3.05) is 4.72 Å². The highest BCUT2D eigenvalue weighted by Gasteiger charge is 2.16. The molecule has 1 N–H and O–H groups in total. The lowest BCUT2D eigenvalue weighted by Crippen LogP contribution is -2.11. The van der Waals surface area contributed by atoms with Crippen LogP contribution in [0, 0.1) is 6.92 Å². The van der Waals surface area contributed by atoms with E-state index in [0.29, 0.717) is 27.3 Å². The number of sulfonamides is 1. The van der Waals surface area contributed by atoms with E-state index >= 15 is 0 Å². The fourth-order valence-electron chi connectivity index (χ4n) is 2.75. The topological polar surface area (TPSA) is 99.0 Å². The molecule has 4 aromatic rings. The molecule has 3 heterocycles. The highest BCUT2D eigenvalue weighted by Crippen LogP contribution is 2.26. The maximum atomic E-state index is 12.5. The number of aryl methyl sites for hydroxylation is 2. The van der Waals surface area contributed by atoms with Gasteiger partial charge in [-0.3, -0.25) is 9.29 Å². The van der Waals surface area contributed by atoms with Crippen molar-refractivity contribution in [3.05, 3.63) is 71.9 Å². The molecule has 0 atom stereocenters. The number of benzene rings is 1. The van der Waals surface area contributed by atoms with Gasteiger partial charge in [-0.05, 0) is 49.7 Å². The molecule has 0 saturated carbocycles. The fourth-order valence-corrected chi connectivity index (χ4v) is 5.10. The Kier molecular flexibility index (Phi) is 5.51. The number of rotatable bonds is 7. The zero-order valence-electron chi connectivity index (χ0n) is 16.3. The number of ether oxygens (including phenoxy) is 1. The van der Waals surface area contributed by atoms with Gasteiger partial charge in [-0.2, -0.15) is 0 Å². The van der Waals surface area contributed by atoms with Gasteiger partial charge in [0, 0.05) is 29.0 Å². The molecule has 10 heteroatoms. The Morgan fingerprint density at radius 3 is 2.57 bits per heavy atom. The zero-order chi connectivity index (χ0) is 21.1. The molecule has 0 bridgehead atoms. The van der Waals surface area contributed by atoms with E-state index in [1.54, 1.807) is 48.8 Å². The van der Waals surface area contributed by atoms with E-state index in [4.69, 9.17) is 4.74 Å². The third-order valence-corrected chi connectivity index (χ3v) is 7.38. The molecule has 0 spiro atoms. The molecule has 0 aliphatic rings. The summed E-state index contributed by atoms with van der Waals surface area (Å²) in [6.07, 6.45) is 5.71. The summed E-state index contributed by atoms with van der Waals surface area (Å²) in [5.41, 5.74) is 0.450. The first-order valence-electron chi connectivity index (χ1n) is 9.16. The highest BCUT2D eigenvalue weighted by molar-refractivity contribution is 7.94. The first-order valence-corrected chi connectivity index (χ1v) is 11.5. The maximum Gasteiger partial charge on any atom is 0.271 e. The van der Waals surface area contributed by atoms with Crippen molar-refractivity contribution in [1.82, 2.24) is 19.5 Å². The number of hydrogen-bond acceptors (Lipinski definition) is 7. The van der Waals surface area contributed by atoms with E-state index in [0.717, 1.165) is 17.1 Å².